The molecular formula is C16H22O. The first-order valence-corrected chi connectivity index (χ1v) is 7.47. The van der Waals surface area contributed by atoms with Gasteiger partial charge in [0.05, 0.1) is 6.26 Å². The third kappa shape index (κ3) is 1.51. The van der Waals surface area contributed by atoms with Gasteiger partial charge in [0.2, 0.25) is 0 Å². The van der Waals surface area contributed by atoms with E-state index < -0.39 is 0 Å². The van der Waals surface area contributed by atoms with Crippen LogP contribution in [0.5, 0.6) is 0 Å². The lowest BCUT2D eigenvalue weighted by molar-refractivity contribution is 0.108. The molecular weight excluding hydrogens is 208 g/mol. The highest BCUT2D eigenvalue weighted by Crippen LogP contribution is 2.58. The fourth-order valence-electron chi connectivity index (χ4n) is 5.27. The van der Waals surface area contributed by atoms with Crippen molar-refractivity contribution in [1.29, 1.82) is 0 Å². The Labute approximate surface area is 104 Å². The monoisotopic (exact) mass is 230 g/mol. The van der Waals surface area contributed by atoms with Crippen molar-refractivity contribution >= 4 is 0 Å². The zero-order valence-corrected chi connectivity index (χ0v) is 10.5. The molecule has 1 heteroatoms. The lowest BCUT2D eigenvalue weighted by Crippen LogP contribution is -2.33. The Morgan fingerprint density at radius 3 is 2.24 bits per heavy atom. The maximum Gasteiger partial charge on any atom is 0.107 e. The van der Waals surface area contributed by atoms with E-state index in [1.807, 2.05) is 6.26 Å². The predicted octanol–water partition coefficient (Wildman–Crippen LogP) is 4.60. The number of hydrogen-bond acceptors (Lipinski definition) is 1. The summed E-state index contributed by atoms with van der Waals surface area (Å²) in [5, 5.41) is 0. The van der Waals surface area contributed by atoms with Gasteiger partial charge < -0.3 is 4.42 Å². The summed E-state index contributed by atoms with van der Waals surface area (Å²) in [7, 11) is 0. The van der Waals surface area contributed by atoms with E-state index in [-0.39, 0.29) is 0 Å². The molecule has 3 fully saturated rings. The summed E-state index contributed by atoms with van der Waals surface area (Å²) in [4.78, 5) is 0. The predicted molar refractivity (Wildman–Crippen MR) is 67.7 cm³/mol. The zero-order valence-electron chi connectivity index (χ0n) is 10.5. The third-order valence-corrected chi connectivity index (χ3v) is 5.84. The molecule has 17 heavy (non-hydrogen) atoms. The van der Waals surface area contributed by atoms with Crippen molar-refractivity contribution in [2.45, 2.75) is 50.9 Å². The Bertz CT molecular complexity index is 360. The molecule has 1 heterocycles. The van der Waals surface area contributed by atoms with Crippen molar-refractivity contribution in [2.75, 3.05) is 0 Å². The normalized spacial score (nSPS) is 44.6. The van der Waals surface area contributed by atoms with Crippen LogP contribution in [0.3, 0.4) is 0 Å². The van der Waals surface area contributed by atoms with E-state index in [0.29, 0.717) is 0 Å². The molecule has 0 amide bonds. The first-order valence-electron chi connectivity index (χ1n) is 7.47. The highest BCUT2D eigenvalue weighted by molar-refractivity contribution is 5.14. The van der Waals surface area contributed by atoms with Gasteiger partial charge in [0.25, 0.3) is 0 Å². The molecule has 0 aromatic carbocycles. The molecule has 0 radical (unpaired) electrons. The number of fused-ring (bicyclic) bond motifs is 2. The van der Waals surface area contributed by atoms with Gasteiger partial charge in [0.1, 0.15) is 5.76 Å². The molecule has 0 spiro atoms. The minimum absolute atomic E-state index is 0.763. The smallest absolute Gasteiger partial charge is 0.107 e. The van der Waals surface area contributed by atoms with E-state index in [4.69, 9.17) is 4.42 Å². The van der Waals surface area contributed by atoms with Crippen LogP contribution in [0.25, 0.3) is 0 Å². The summed E-state index contributed by atoms with van der Waals surface area (Å²) in [6.45, 7) is 0. The molecule has 0 bridgehead atoms. The van der Waals surface area contributed by atoms with Crippen molar-refractivity contribution < 1.29 is 4.42 Å². The van der Waals surface area contributed by atoms with Crippen LogP contribution >= 0.6 is 0 Å². The quantitative estimate of drug-likeness (QED) is 0.687. The molecule has 4 atom stereocenters. The molecule has 3 aliphatic carbocycles. The maximum absolute atomic E-state index is 5.79. The number of furan rings is 1. The first-order chi connectivity index (χ1) is 8.43. The molecule has 92 valence electrons. The second-order valence-corrected chi connectivity index (χ2v) is 6.49. The summed E-state index contributed by atoms with van der Waals surface area (Å²) in [6.07, 6.45) is 12.2. The SMILES string of the molecule is c1coc(C2C3CCCC3CC3CCCC32)c1. The summed E-state index contributed by atoms with van der Waals surface area (Å²) in [5.74, 6) is 5.99. The molecule has 1 aromatic heterocycles. The van der Waals surface area contributed by atoms with Crippen LogP contribution < -0.4 is 0 Å². The molecule has 1 nitrogen and oxygen atoms in total. The van der Waals surface area contributed by atoms with Gasteiger partial charge in [0, 0.05) is 5.92 Å². The average Bonchev–Trinajstić information content (AvgIpc) is 3.06. The Morgan fingerprint density at radius 1 is 0.941 bits per heavy atom. The Balaban J connectivity index is 1.72. The van der Waals surface area contributed by atoms with Gasteiger partial charge >= 0.3 is 0 Å². The van der Waals surface area contributed by atoms with E-state index in [1.54, 1.807) is 0 Å². The average molecular weight is 230 g/mol. The van der Waals surface area contributed by atoms with Crippen molar-refractivity contribution in [2.24, 2.45) is 23.7 Å². The summed E-state index contributed by atoms with van der Waals surface area (Å²) in [6, 6.07) is 4.32. The highest BCUT2D eigenvalue weighted by Gasteiger charge is 2.49. The van der Waals surface area contributed by atoms with Gasteiger partial charge in [-0.15, -0.1) is 0 Å². The summed E-state index contributed by atoms with van der Waals surface area (Å²) in [5.41, 5.74) is 0. The molecule has 0 N–H and O–H groups in total. The van der Waals surface area contributed by atoms with Gasteiger partial charge in [-0.3, -0.25) is 0 Å². The maximum atomic E-state index is 5.79. The summed E-state index contributed by atoms with van der Waals surface area (Å²) < 4.78 is 5.79. The van der Waals surface area contributed by atoms with Crippen molar-refractivity contribution in [3.63, 3.8) is 0 Å². The van der Waals surface area contributed by atoms with Crippen molar-refractivity contribution in [3.05, 3.63) is 24.2 Å². The second kappa shape index (κ2) is 3.90. The van der Waals surface area contributed by atoms with E-state index in [9.17, 15) is 0 Å². The van der Waals surface area contributed by atoms with E-state index >= 15 is 0 Å². The first kappa shape index (κ1) is 10.2. The molecule has 3 saturated carbocycles. The van der Waals surface area contributed by atoms with Gasteiger partial charge in [-0.2, -0.15) is 0 Å². The standard InChI is InChI=1S/C16H22O/c1-4-11-10-12-5-2-7-14(12)16(13(11)6-1)15-8-3-9-17-15/h3,8-9,11-14,16H,1-2,4-7,10H2. The molecule has 3 aliphatic rings. The third-order valence-electron chi connectivity index (χ3n) is 5.84. The van der Waals surface area contributed by atoms with Crippen LogP contribution in [-0.4, -0.2) is 0 Å². The van der Waals surface area contributed by atoms with Crippen LogP contribution in [0, 0.1) is 23.7 Å². The fraction of sp³-hybridized carbons (Fsp3) is 0.750. The highest BCUT2D eigenvalue weighted by atomic mass is 16.3. The van der Waals surface area contributed by atoms with E-state index in [1.165, 1.54) is 50.7 Å². The fourth-order valence-corrected chi connectivity index (χ4v) is 5.27. The van der Waals surface area contributed by atoms with Gasteiger partial charge in [0.15, 0.2) is 0 Å². The van der Waals surface area contributed by atoms with Gasteiger partial charge in [-0.05, 0) is 55.1 Å². The molecule has 0 aliphatic heterocycles. The van der Waals surface area contributed by atoms with Crippen LogP contribution in [0.1, 0.15) is 56.6 Å². The molecule has 0 saturated heterocycles. The van der Waals surface area contributed by atoms with E-state index in [0.717, 1.165) is 29.6 Å². The Morgan fingerprint density at radius 2 is 1.65 bits per heavy atom. The minimum atomic E-state index is 0.763. The Kier molecular flexibility index (Phi) is 2.34. The lowest BCUT2D eigenvalue weighted by Gasteiger charge is -2.41. The van der Waals surface area contributed by atoms with E-state index in [2.05, 4.69) is 12.1 Å². The van der Waals surface area contributed by atoms with Crippen LogP contribution in [0.15, 0.2) is 22.8 Å². The molecule has 4 rings (SSSR count). The topological polar surface area (TPSA) is 13.1 Å². The largest absolute Gasteiger partial charge is 0.469 e. The molecule has 4 unspecified atom stereocenters. The summed E-state index contributed by atoms with van der Waals surface area (Å²) >= 11 is 0. The van der Waals surface area contributed by atoms with Crippen LogP contribution in [-0.2, 0) is 0 Å². The van der Waals surface area contributed by atoms with Crippen molar-refractivity contribution in [1.82, 2.24) is 0 Å². The lowest BCUT2D eigenvalue weighted by atomic mass is 9.63. The van der Waals surface area contributed by atoms with Crippen LogP contribution in [0.4, 0.5) is 0 Å². The van der Waals surface area contributed by atoms with Gasteiger partial charge in [-0.25, -0.2) is 0 Å². The van der Waals surface area contributed by atoms with Crippen LogP contribution in [0.2, 0.25) is 0 Å². The van der Waals surface area contributed by atoms with Crippen molar-refractivity contribution in [3.8, 4) is 0 Å². The Hall–Kier alpha value is -0.720. The number of hydrogen-bond donors (Lipinski definition) is 0. The second-order valence-electron chi connectivity index (χ2n) is 6.49. The zero-order chi connectivity index (χ0) is 11.2. The minimum Gasteiger partial charge on any atom is -0.469 e. The van der Waals surface area contributed by atoms with Gasteiger partial charge in [-0.1, -0.05) is 25.7 Å². The number of rotatable bonds is 1. The molecule has 1 aromatic rings.